The average Bonchev–Trinajstić information content (AvgIpc) is 2.21. The van der Waals surface area contributed by atoms with E-state index in [0.717, 1.165) is 13.0 Å². The molecule has 6 N–H and O–H groups in total. The van der Waals surface area contributed by atoms with Gasteiger partial charge in [0.15, 0.2) is 0 Å². The van der Waals surface area contributed by atoms with Gasteiger partial charge in [-0.1, -0.05) is 53.4 Å². The molecular formula is C15H35N3. The zero-order chi connectivity index (χ0) is 14.4. The predicted octanol–water partition coefficient (Wildman–Crippen LogP) is 2.97. The molecule has 0 radical (unpaired) electrons. The summed E-state index contributed by atoms with van der Waals surface area (Å²) in [5.41, 5.74) is 17.2. The fourth-order valence-corrected chi connectivity index (χ4v) is 2.28. The summed E-state index contributed by atoms with van der Waals surface area (Å²) >= 11 is 0. The molecule has 0 saturated carbocycles. The van der Waals surface area contributed by atoms with Crippen LogP contribution < -0.4 is 17.2 Å². The molecule has 0 rings (SSSR count). The number of nitrogens with two attached hydrogens (primary N) is 3. The molecule has 0 saturated heterocycles. The van der Waals surface area contributed by atoms with E-state index in [2.05, 4.69) is 27.7 Å². The SMILES string of the molecule is CC(N)(N)C(C)(C)C(C)(C)CCCCCCCN. The van der Waals surface area contributed by atoms with E-state index >= 15 is 0 Å². The zero-order valence-electron chi connectivity index (χ0n) is 13.2. The number of hydrogen-bond acceptors (Lipinski definition) is 3. The van der Waals surface area contributed by atoms with Crippen molar-refractivity contribution in [3.05, 3.63) is 0 Å². The first-order chi connectivity index (χ1) is 8.06. The smallest absolute Gasteiger partial charge is 0.0665 e. The van der Waals surface area contributed by atoms with Crippen LogP contribution in [-0.4, -0.2) is 12.2 Å². The lowest BCUT2D eigenvalue weighted by molar-refractivity contribution is 0.0198. The molecule has 0 fully saturated rings. The largest absolute Gasteiger partial charge is 0.330 e. The van der Waals surface area contributed by atoms with Crippen molar-refractivity contribution in [2.24, 2.45) is 28.0 Å². The molecule has 3 heteroatoms. The minimum Gasteiger partial charge on any atom is -0.330 e. The van der Waals surface area contributed by atoms with Gasteiger partial charge in [-0.15, -0.1) is 0 Å². The quantitative estimate of drug-likeness (QED) is 0.439. The third-order valence-corrected chi connectivity index (χ3v) is 5.04. The molecule has 0 aromatic heterocycles. The van der Waals surface area contributed by atoms with Crippen LogP contribution >= 0.6 is 0 Å². The van der Waals surface area contributed by atoms with Gasteiger partial charge in [0.05, 0.1) is 5.66 Å². The highest BCUT2D eigenvalue weighted by molar-refractivity contribution is 4.98. The molecule has 3 nitrogen and oxygen atoms in total. The Morgan fingerprint density at radius 3 is 1.61 bits per heavy atom. The fraction of sp³-hybridized carbons (Fsp3) is 1.00. The summed E-state index contributed by atoms with van der Waals surface area (Å²) in [7, 11) is 0. The lowest BCUT2D eigenvalue weighted by atomic mass is 9.60. The molecule has 0 spiro atoms. The monoisotopic (exact) mass is 257 g/mol. The Hall–Kier alpha value is -0.120. The summed E-state index contributed by atoms with van der Waals surface area (Å²) in [6.45, 7) is 11.7. The van der Waals surface area contributed by atoms with Gasteiger partial charge in [-0.25, -0.2) is 0 Å². The van der Waals surface area contributed by atoms with E-state index in [1.807, 2.05) is 6.92 Å². The van der Waals surface area contributed by atoms with E-state index in [1.165, 1.54) is 32.1 Å². The summed E-state index contributed by atoms with van der Waals surface area (Å²) < 4.78 is 0. The molecule has 0 aromatic carbocycles. The van der Waals surface area contributed by atoms with Crippen LogP contribution in [0.5, 0.6) is 0 Å². The molecule has 0 aliphatic heterocycles. The van der Waals surface area contributed by atoms with Gasteiger partial charge >= 0.3 is 0 Å². The van der Waals surface area contributed by atoms with Crippen molar-refractivity contribution in [1.82, 2.24) is 0 Å². The number of rotatable bonds is 9. The standard InChI is InChI=1S/C15H35N3/c1-13(2,14(3,4)15(5,17)18)11-9-7-6-8-10-12-16/h6-12,16-18H2,1-5H3. The van der Waals surface area contributed by atoms with Gasteiger partial charge in [0, 0.05) is 5.41 Å². The average molecular weight is 257 g/mol. The third kappa shape index (κ3) is 4.87. The highest BCUT2D eigenvalue weighted by Crippen LogP contribution is 2.46. The fourth-order valence-electron chi connectivity index (χ4n) is 2.28. The molecule has 110 valence electrons. The maximum absolute atomic E-state index is 6.13. The van der Waals surface area contributed by atoms with Crippen molar-refractivity contribution in [1.29, 1.82) is 0 Å². The Morgan fingerprint density at radius 1 is 0.722 bits per heavy atom. The lowest BCUT2D eigenvalue weighted by Crippen LogP contribution is -2.62. The van der Waals surface area contributed by atoms with E-state index in [4.69, 9.17) is 17.2 Å². The summed E-state index contributed by atoms with van der Waals surface area (Å²) in [5, 5.41) is 0. The van der Waals surface area contributed by atoms with Gasteiger partial charge in [0.2, 0.25) is 0 Å². The van der Waals surface area contributed by atoms with E-state index in [9.17, 15) is 0 Å². The highest BCUT2D eigenvalue weighted by Gasteiger charge is 2.45. The first-order valence-electron chi connectivity index (χ1n) is 7.34. The van der Waals surface area contributed by atoms with Crippen molar-refractivity contribution >= 4 is 0 Å². The number of unbranched alkanes of at least 4 members (excludes halogenated alkanes) is 4. The van der Waals surface area contributed by atoms with Crippen molar-refractivity contribution in [2.45, 2.75) is 78.8 Å². The molecule has 0 heterocycles. The van der Waals surface area contributed by atoms with Crippen molar-refractivity contribution in [2.75, 3.05) is 6.54 Å². The molecule has 0 aromatic rings. The summed E-state index contributed by atoms with van der Waals surface area (Å²) in [6, 6.07) is 0. The van der Waals surface area contributed by atoms with E-state index in [0.29, 0.717) is 0 Å². The molecular weight excluding hydrogens is 222 g/mol. The Bertz CT molecular complexity index is 226. The third-order valence-electron chi connectivity index (χ3n) is 5.04. The maximum atomic E-state index is 6.13. The summed E-state index contributed by atoms with van der Waals surface area (Å²) in [5.74, 6) is 0. The van der Waals surface area contributed by atoms with Crippen molar-refractivity contribution < 1.29 is 0 Å². The van der Waals surface area contributed by atoms with Crippen LogP contribution in [0.3, 0.4) is 0 Å². The second-order valence-electron chi connectivity index (χ2n) is 7.10. The Morgan fingerprint density at radius 2 is 1.17 bits per heavy atom. The normalized spacial score (nSPS) is 14.0. The summed E-state index contributed by atoms with van der Waals surface area (Å²) in [4.78, 5) is 0. The molecule has 0 unspecified atom stereocenters. The second-order valence-corrected chi connectivity index (χ2v) is 7.10. The van der Waals surface area contributed by atoms with Crippen LogP contribution in [0.15, 0.2) is 0 Å². The van der Waals surface area contributed by atoms with Crippen LogP contribution in [0, 0.1) is 10.8 Å². The Balaban J connectivity index is 4.15. The molecule has 0 amide bonds. The first-order valence-corrected chi connectivity index (χ1v) is 7.34. The number of hydrogen-bond donors (Lipinski definition) is 3. The van der Waals surface area contributed by atoms with Crippen LogP contribution in [0.1, 0.15) is 73.1 Å². The molecule has 18 heavy (non-hydrogen) atoms. The van der Waals surface area contributed by atoms with Gasteiger partial charge < -0.3 is 17.2 Å². The van der Waals surface area contributed by atoms with Crippen LogP contribution in [0.25, 0.3) is 0 Å². The molecule has 0 aliphatic carbocycles. The Kier molecular flexibility index (Phi) is 6.83. The van der Waals surface area contributed by atoms with E-state index in [1.54, 1.807) is 0 Å². The van der Waals surface area contributed by atoms with Gasteiger partial charge in [0.25, 0.3) is 0 Å². The maximum Gasteiger partial charge on any atom is 0.0665 e. The van der Waals surface area contributed by atoms with Crippen LogP contribution in [-0.2, 0) is 0 Å². The van der Waals surface area contributed by atoms with Gasteiger partial charge in [-0.2, -0.15) is 0 Å². The van der Waals surface area contributed by atoms with Crippen LogP contribution in [0.4, 0.5) is 0 Å². The van der Waals surface area contributed by atoms with E-state index < -0.39 is 5.66 Å². The van der Waals surface area contributed by atoms with E-state index in [-0.39, 0.29) is 10.8 Å². The molecule has 0 atom stereocenters. The van der Waals surface area contributed by atoms with Gasteiger partial charge in [0.1, 0.15) is 0 Å². The van der Waals surface area contributed by atoms with Crippen molar-refractivity contribution in [3.8, 4) is 0 Å². The van der Waals surface area contributed by atoms with Crippen LogP contribution in [0.2, 0.25) is 0 Å². The molecule has 0 aliphatic rings. The second kappa shape index (κ2) is 6.88. The highest BCUT2D eigenvalue weighted by atomic mass is 15.0. The Labute approximate surface area is 114 Å². The minimum absolute atomic E-state index is 0.0861. The minimum atomic E-state index is -0.643. The van der Waals surface area contributed by atoms with Gasteiger partial charge in [-0.3, -0.25) is 0 Å². The van der Waals surface area contributed by atoms with Crippen molar-refractivity contribution in [3.63, 3.8) is 0 Å². The predicted molar refractivity (Wildman–Crippen MR) is 81.1 cm³/mol. The zero-order valence-corrected chi connectivity index (χ0v) is 13.2. The lowest BCUT2D eigenvalue weighted by Gasteiger charge is -2.50. The summed E-state index contributed by atoms with van der Waals surface area (Å²) in [6.07, 6.45) is 7.40. The first kappa shape index (κ1) is 17.9. The molecule has 0 bridgehead atoms. The van der Waals surface area contributed by atoms with Gasteiger partial charge in [-0.05, 0) is 31.7 Å². The topological polar surface area (TPSA) is 78.1 Å².